The Morgan fingerprint density at radius 1 is 0.867 bits per heavy atom. The fourth-order valence-electron chi connectivity index (χ4n) is 3.82. The van der Waals surface area contributed by atoms with Crippen LogP contribution in [0.2, 0.25) is 0 Å². The van der Waals surface area contributed by atoms with E-state index in [0.717, 1.165) is 35.1 Å². The Kier molecular flexibility index (Phi) is 5.10. The normalized spacial score (nSPS) is 16.8. The third-order valence-electron chi connectivity index (χ3n) is 5.62. The quantitative estimate of drug-likeness (QED) is 0.639. The lowest BCUT2D eigenvalue weighted by atomic mass is 9.94. The monoisotopic (exact) mass is 430 g/mol. The summed E-state index contributed by atoms with van der Waals surface area (Å²) < 4.78 is 52.8. The Morgan fingerprint density at radius 2 is 1.40 bits per heavy atom. The van der Waals surface area contributed by atoms with E-state index in [1.165, 1.54) is 12.1 Å². The Bertz CT molecular complexity index is 1120. The molecular weight excluding hydrogens is 407 g/mol. The van der Waals surface area contributed by atoms with E-state index in [1.54, 1.807) is 33.5 Å². The summed E-state index contributed by atoms with van der Waals surface area (Å²) in [5, 5.41) is 0. The van der Waals surface area contributed by atoms with Gasteiger partial charge in [-0.15, -0.1) is 0 Å². The van der Waals surface area contributed by atoms with E-state index in [1.807, 2.05) is 12.1 Å². The van der Waals surface area contributed by atoms with Gasteiger partial charge in [-0.25, -0.2) is 12.8 Å². The number of ether oxygens (including phenoxy) is 3. The molecule has 0 aliphatic heterocycles. The minimum absolute atomic E-state index is 0.0215. The summed E-state index contributed by atoms with van der Waals surface area (Å²) in [6, 6.07) is 8.76. The molecule has 1 spiro atoms. The molecule has 2 aliphatic rings. The molecule has 158 valence electrons. The van der Waals surface area contributed by atoms with Crippen LogP contribution in [0.1, 0.15) is 24.0 Å². The number of halogens is 1. The van der Waals surface area contributed by atoms with Crippen LogP contribution in [-0.4, -0.2) is 35.8 Å². The zero-order valence-electron chi connectivity index (χ0n) is 17.1. The standard InChI is InChI=1S/C23H23FO5S/c1-27-20-10-16(11-21(28-2)22(20)29-3)19-13-23(8-9-23)12-18(19)15-4-6-17(7-5-15)30(25,26)14-24/h4-7,10-13H,8-9,14H2,1-3H3. The number of hydrogen-bond donors (Lipinski definition) is 0. The lowest BCUT2D eigenvalue weighted by Gasteiger charge is -2.16. The van der Waals surface area contributed by atoms with Gasteiger partial charge in [0.1, 0.15) is 0 Å². The number of alkyl halides is 1. The predicted molar refractivity (Wildman–Crippen MR) is 113 cm³/mol. The number of hydrogen-bond acceptors (Lipinski definition) is 5. The van der Waals surface area contributed by atoms with Crippen molar-refractivity contribution >= 4 is 21.0 Å². The van der Waals surface area contributed by atoms with Crippen molar-refractivity contribution < 1.29 is 27.0 Å². The molecular formula is C23H23FO5S. The predicted octanol–water partition coefficient (Wildman–Crippen LogP) is 4.67. The molecule has 4 rings (SSSR count). The summed E-state index contributed by atoms with van der Waals surface area (Å²) in [6.07, 6.45) is 6.61. The Balaban J connectivity index is 1.79. The Morgan fingerprint density at radius 3 is 1.83 bits per heavy atom. The molecule has 2 aliphatic carbocycles. The van der Waals surface area contributed by atoms with Gasteiger partial charge in [-0.2, -0.15) is 0 Å². The first-order chi connectivity index (χ1) is 14.4. The van der Waals surface area contributed by atoms with Crippen molar-refractivity contribution in [3.63, 3.8) is 0 Å². The number of benzene rings is 2. The van der Waals surface area contributed by atoms with E-state index in [0.29, 0.717) is 17.2 Å². The SMILES string of the molecule is COc1cc(C2=CC3(C=C2c2ccc(S(=O)(=O)CF)cc2)CC3)cc(OC)c1OC. The molecule has 0 heterocycles. The lowest BCUT2D eigenvalue weighted by Crippen LogP contribution is -2.02. The fourth-order valence-corrected chi connectivity index (χ4v) is 4.50. The van der Waals surface area contributed by atoms with Crippen LogP contribution in [0.15, 0.2) is 53.4 Å². The summed E-state index contributed by atoms with van der Waals surface area (Å²) in [6.45, 7) is 0. The van der Waals surface area contributed by atoms with E-state index < -0.39 is 15.8 Å². The maximum absolute atomic E-state index is 12.8. The number of methoxy groups -OCH3 is 3. The first kappa shape index (κ1) is 20.5. The molecule has 0 aromatic heterocycles. The summed E-state index contributed by atoms with van der Waals surface area (Å²) >= 11 is 0. The molecule has 5 nitrogen and oxygen atoms in total. The summed E-state index contributed by atoms with van der Waals surface area (Å²) in [7, 11) is 0.827. The molecule has 0 atom stereocenters. The van der Waals surface area contributed by atoms with Gasteiger partial charge in [0.25, 0.3) is 0 Å². The third kappa shape index (κ3) is 3.47. The third-order valence-corrected chi connectivity index (χ3v) is 6.90. The van der Waals surface area contributed by atoms with Crippen LogP contribution in [-0.2, 0) is 9.84 Å². The van der Waals surface area contributed by atoms with Crippen LogP contribution in [0, 0.1) is 5.41 Å². The number of allylic oxidation sites excluding steroid dienone is 4. The van der Waals surface area contributed by atoms with Crippen LogP contribution >= 0.6 is 0 Å². The molecule has 30 heavy (non-hydrogen) atoms. The van der Waals surface area contributed by atoms with Crippen LogP contribution < -0.4 is 14.2 Å². The van der Waals surface area contributed by atoms with Crippen molar-refractivity contribution in [3.8, 4) is 17.2 Å². The average molecular weight is 430 g/mol. The smallest absolute Gasteiger partial charge is 0.207 e. The van der Waals surface area contributed by atoms with Crippen molar-refractivity contribution in [1.29, 1.82) is 0 Å². The first-order valence-electron chi connectivity index (χ1n) is 9.52. The molecule has 0 amide bonds. The fraction of sp³-hybridized carbons (Fsp3) is 0.304. The summed E-state index contributed by atoms with van der Waals surface area (Å²) in [5.74, 6) is 1.65. The van der Waals surface area contributed by atoms with Crippen LogP contribution in [0.5, 0.6) is 17.2 Å². The average Bonchev–Trinajstić information content (AvgIpc) is 3.42. The number of rotatable bonds is 7. The second-order valence-corrected chi connectivity index (χ2v) is 9.43. The molecule has 2 aromatic carbocycles. The van der Waals surface area contributed by atoms with E-state index in [9.17, 15) is 12.8 Å². The van der Waals surface area contributed by atoms with Crippen molar-refractivity contribution in [2.24, 2.45) is 5.41 Å². The second-order valence-electron chi connectivity index (χ2n) is 7.51. The van der Waals surface area contributed by atoms with Crippen LogP contribution in [0.4, 0.5) is 4.39 Å². The number of sulfone groups is 1. The molecule has 1 saturated carbocycles. The molecule has 0 saturated heterocycles. The Hall–Kier alpha value is -2.80. The second kappa shape index (κ2) is 7.47. The molecule has 7 heteroatoms. The van der Waals surface area contributed by atoms with Crippen LogP contribution in [0.25, 0.3) is 11.1 Å². The molecule has 1 fully saturated rings. The highest BCUT2D eigenvalue weighted by atomic mass is 32.2. The summed E-state index contributed by atoms with van der Waals surface area (Å²) in [5.41, 5.74) is 3.85. The zero-order valence-corrected chi connectivity index (χ0v) is 17.9. The van der Waals surface area contributed by atoms with Gasteiger partial charge in [-0.3, -0.25) is 0 Å². The highest BCUT2D eigenvalue weighted by Gasteiger charge is 2.43. The highest BCUT2D eigenvalue weighted by molar-refractivity contribution is 7.91. The molecule has 0 N–H and O–H groups in total. The van der Waals surface area contributed by atoms with E-state index in [4.69, 9.17) is 14.2 Å². The van der Waals surface area contributed by atoms with E-state index >= 15 is 0 Å². The van der Waals surface area contributed by atoms with Gasteiger partial charge in [-0.05, 0) is 59.4 Å². The van der Waals surface area contributed by atoms with E-state index in [2.05, 4.69) is 12.2 Å². The van der Waals surface area contributed by atoms with Crippen molar-refractivity contribution in [2.75, 3.05) is 27.3 Å². The molecule has 0 radical (unpaired) electrons. The van der Waals surface area contributed by atoms with Gasteiger partial charge in [0.05, 0.1) is 26.2 Å². The van der Waals surface area contributed by atoms with Crippen molar-refractivity contribution in [1.82, 2.24) is 0 Å². The van der Waals surface area contributed by atoms with Crippen molar-refractivity contribution in [3.05, 3.63) is 59.7 Å². The van der Waals surface area contributed by atoms with Gasteiger partial charge in [0.2, 0.25) is 15.6 Å². The summed E-state index contributed by atoms with van der Waals surface area (Å²) in [4.78, 5) is -0.0215. The van der Waals surface area contributed by atoms with Gasteiger partial charge in [0.15, 0.2) is 17.5 Å². The van der Waals surface area contributed by atoms with Gasteiger partial charge in [0, 0.05) is 5.41 Å². The molecule has 0 bridgehead atoms. The first-order valence-corrected chi connectivity index (χ1v) is 11.2. The minimum atomic E-state index is -3.89. The van der Waals surface area contributed by atoms with Gasteiger partial charge >= 0.3 is 0 Å². The van der Waals surface area contributed by atoms with Gasteiger partial charge in [-0.1, -0.05) is 24.3 Å². The minimum Gasteiger partial charge on any atom is -0.493 e. The molecule has 2 aromatic rings. The van der Waals surface area contributed by atoms with Crippen molar-refractivity contribution in [2.45, 2.75) is 17.7 Å². The molecule has 0 unspecified atom stereocenters. The largest absolute Gasteiger partial charge is 0.493 e. The maximum Gasteiger partial charge on any atom is 0.207 e. The maximum atomic E-state index is 12.8. The zero-order chi connectivity index (χ0) is 21.5. The van der Waals surface area contributed by atoms with Crippen LogP contribution in [0.3, 0.4) is 0 Å². The van der Waals surface area contributed by atoms with Gasteiger partial charge < -0.3 is 14.2 Å². The lowest BCUT2D eigenvalue weighted by molar-refractivity contribution is 0.324. The van der Waals surface area contributed by atoms with E-state index in [-0.39, 0.29) is 10.3 Å². The topological polar surface area (TPSA) is 61.8 Å². The Labute approximate surface area is 175 Å². The highest BCUT2D eigenvalue weighted by Crippen LogP contribution is 2.58.